The highest BCUT2D eigenvalue weighted by Crippen LogP contribution is 2.22. The fraction of sp³-hybridized carbons (Fsp3) is 0.333. The number of sulfonamides is 1. The Balaban J connectivity index is 1.53. The van der Waals surface area contributed by atoms with Crippen molar-refractivity contribution >= 4 is 27.5 Å². The van der Waals surface area contributed by atoms with Gasteiger partial charge in [0.05, 0.1) is 4.90 Å². The molecule has 0 aliphatic carbocycles. The molecule has 0 saturated carbocycles. The minimum absolute atomic E-state index is 0.207. The molecule has 0 spiro atoms. The van der Waals surface area contributed by atoms with E-state index in [1.807, 2.05) is 0 Å². The molecule has 2 N–H and O–H groups in total. The number of nitrogens with zero attached hydrogens (tertiary/aromatic N) is 1. The van der Waals surface area contributed by atoms with Gasteiger partial charge in [-0.3, -0.25) is 9.59 Å². The highest BCUT2D eigenvalue weighted by atomic mass is 32.2. The lowest BCUT2D eigenvalue weighted by atomic mass is 10.2. The molecule has 0 atom stereocenters. The maximum atomic E-state index is 12.6. The van der Waals surface area contributed by atoms with Crippen molar-refractivity contribution in [1.29, 1.82) is 0 Å². The molecule has 1 saturated heterocycles. The number of hydrogen-bond donors (Lipinski definition) is 2. The molecule has 0 radical (unpaired) electrons. The number of carbonyl (C=O) groups is 2. The molecule has 160 valence electrons. The van der Waals surface area contributed by atoms with E-state index in [2.05, 4.69) is 10.6 Å². The summed E-state index contributed by atoms with van der Waals surface area (Å²) in [6.45, 7) is 0.866. The van der Waals surface area contributed by atoms with Gasteiger partial charge >= 0.3 is 0 Å². The number of anilines is 1. The van der Waals surface area contributed by atoms with Crippen LogP contribution in [0, 0.1) is 0 Å². The van der Waals surface area contributed by atoms with E-state index < -0.39 is 10.0 Å². The number of ether oxygens (including phenoxy) is 1. The van der Waals surface area contributed by atoms with Crippen LogP contribution < -0.4 is 15.4 Å². The minimum Gasteiger partial charge on any atom is -0.484 e. The monoisotopic (exact) mass is 431 g/mol. The van der Waals surface area contributed by atoms with E-state index in [1.165, 1.54) is 16.4 Å². The molecule has 3 rings (SSSR count). The van der Waals surface area contributed by atoms with E-state index in [4.69, 9.17) is 4.74 Å². The largest absolute Gasteiger partial charge is 0.484 e. The quantitative estimate of drug-likeness (QED) is 0.700. The molecule has 1 heterocycles. The smallest absolute Gasteiger partial charge is 0.262 e. The Morgan fingerprint density at radius 3 is 2.20 bits per heavy atom. The molecular weight excluding hydrogens is 406 g/mol. The van der Waals surface area contributed by atoms with Crippen LogP contribution in [-0.4, -0.2) is 51.3 Å². The van der Waals surface area contributed by atoms with Gasteiger partial charge < -0.3 is 15.4 Å². The lowest BCUT2D eigenvalue weighted by molar-refractivity contribution is -0.118. The van der Waals surface area contributed by atoms with Gasteiger partial charge in [0, 0.05) is 31.4 Å². The van der Waals surface area contributed by atoms with Gasteiger partial charge in [-0.15, -0.1) is 0 Å². The number of amides is 2. The van der Waals surface area contributed by atoms with E-state index >= 15 is 0 Å². The van der Waals surface area contributed by atoms with Gasteiger partial charge in [-0.25, -0.2) is 8.42 Å². The standard InChI is InChI=1S/C21H25N3O5S/c1-22-21(26)16-5-7-17(8-6-16)23-20(25)15-29-18-9-11-19(12-10-18)30(27,28)24-13-3-2-4-14-24/h5-12H,2-4,13-15H2,1H3,(H,22,26)(H,23,25). The second-order valence-corrected chi connectivity index (χ2v) is 8.87. The van der Waals surface area contributed by atoms with E-state index in [-0.39, 0.29) is 23.3 Å². The number of carbonyl (C=O) groups excluding carboxylic acids is 2. The lowest BCUT2D eigenvalue weighted by Crippen LogP contribution is -2.35. The summed E-state index contributed by atoms with van der Waals surface area (Å²) in [4.78, 5) is 23.8. The van der Waals surface area contributed by atoms with Gasteiger partial charge in [0.25, 0.3) is 11.8 Å². The Labute approximate surface area is 176 Å². The van der Waals surface area contributed by atoms with Crippen LogP contribution >= 0.6 is 0 Å². The third-order valence-electron chi connectivity index (χ3n) is 4.80. The van der Waals surface area contributed by atoms with Crippen molar-refractivity contribution in [2.45, 2.75) is 24.2 Å². The summed E-state index contributed by atoms with van der Waals surface area (Å²) in [5.41, 5.74) is 1.03. The lowest BCUT2D eigenvalue weighted by Gasteiger charge is -2.25. The first kappa shape index (κ1) is 21.8. The molecular formula is C21H25N3O5S. The van der Waals surface area contributed by atoms with Crippen molar-refractivity contribution in [3.8, 4) is 5.75 Å². The van der Waals surface area contributed by atoms with E-state index in [9.17, 15) is 18.0 Å². The molecule has 2 aromatic rings. The molecule has 8 nitrogen and oxygen atoms in total. The van der Waals surface area contributed by atoms with Crippen LogP contribution in [0.1, 0.15) is 29.6 Å². The molecule has 1 fully saturated rings. The SMILES string of the molecule is CNC(=O)c1ccc(NC(=O)COc2ccc(S(=O)(=O)N3CCCCC3)cc2)cc1. The normalized spacial score (nSPS) is 14.7. The molecule has 2 amide bonds. The van der Waals surface area contributed by atoms with E-state index in [0.29, 0.717) is 30.1 Å². The van der Waals surface area contributed by atoms with Crippen molar-refractivity contribution < 1.29 is 22.7 Å². The predicted octanol–water partition coefficient (Wildman–Crippen LogP) is 2.24. The topological polar surface area (TPSA) is 105 Å². The van der Waals surface area contributed by atoms with Gasteiger partial charge in [0.1, 0.15) is 5.75 Å². The Morgan fingerprint density at radius 2 is 1.60 bits per heavy atom. The molecule has 1 aliphatic heterocycles. The summed E-state index contributed by atoms with van der Waals surface area (Å²) in [5, 5.41) is 5.20. The number of nitrogens with one attached hydrogen (secondary N) is 2. The van der Waals surface area contributed by atoms with Crippen molar-refractivity contribution in [3.63, 3.8) is 0 Å². The van der Waals surface area contributed by atoms with Gasteiger partial charge in [-0.05, 0) is 61.4 Å². The van der Waals surface area contributed by atoms with Gasteiger partial charge in [-0.2, -0.15) is 4.31 Å². The first-order chi connectivity index (χ1) is 14.4. The van der Waals surface area contributed by atoms with Crippen molar-refractivity contribution in [2.75, 3.05) is 32.1 Å². The molecule has 0 unspecified atom stereocenters. The Kier molecular flexibility index (Phi) is 7.07. The summed E-state index contributed by atoms with van der Waals surface area (Å²) in [5.74, 6) is -0.174. The van der Waals surface area contributed by atoms with Gasteiger partial charge in [0.15, 0.2) is 6.61 Å². The zero-order valence-corrected chi connectivity index (χ0v) is 17.6. The van der Waals surface area contributed by atoms with Crippen LogP contribution in [0.5, 0.6) is 5.75 Å². The first-order valence-electron chi connectivity index (χ1n) is 9.75. The summed E-state index contributed by atoms with van der Waals surface area (Å²) in [7, 11) is -1.95. The van der Waals surface area contributed by atoms with Crippen molar-refractivity contribution in [1.82, 2.24) is 9.62 Å². The molecule has 0 aromatic heterocycles. The third-order valence-corrected chi connectivity index (χ3v) is 6.72. The minimum atomic E-state index is -3.49. The predicted molar refractivity (Wildman–Crippen MR) is 113 cm³/mol. The molecule has 30 heavy (non-hydrogen) atoms. The number of rotatable bonds is 7. The van der Waals surface area contributed by atoms with Gasteiger partial charge in [0.2, 0.25) is 10.0 Å². The molecule has 1 aliphatic rings. The van der Waals surface area contributed by atoms with Crippen LogP contribution in [-0.2, 0) is 14.8 Å². The fourth-order valence-corrected chi connectivity index (χ4v) is 4.67. The number of hydrogen-bond acceptors (Lipinski definition) is 5. The van der Waals surface area contributed by atoms with Crippen molar-refractivity contribution in [3.05, 3.63) is 54.1 Å². The van der Waals surface area contributed by atoms with Crippen LogP contribution in [0.25, 0.3) is 0 Å². The summed E-state index contributed by atoms with van der Waals surface area (Å²) in [6.07, 6.45) is 2.81. The number of piperidine rings is 1. The molecule has 9 heteroatoms. The zero-order chi connectivity index (χ0) is 21.6. The Hall–Kier alpha value is -2.91. The van der Waals surface area contributed by atoms with Crippen molar-refractivity contribution in [2.24, 2.45) is 0 Å². The summed E-state index contributed by atoms with van der Waals surface area (Å²) >= 11 is 0. The average molecular weight is 432 g/mol. The fourth-order valence-electron chi connectivity index (χ4n) is 3.16. The van der Waals surface area contributed by atoms with Crippen LogP contribution in [0.2, 0.25) is 0 Å². The van der Waals surface area contributed by atoms with E-state index in [1.54, 1.807) is 43.4 Å². The first-order valence-corrected chi connectivity index (χ1v) is 11.2. The maximum absolute atomic E-state index is 12.6. The van der Waals surface area contributed by atoms with Crippen LogP contribution in [0.15, 0.2) is 53.4 Å². The molecule has 0 bridgehead atoms. The summed E-state index contributed by atoms with van der Waals surface area (Å²) in [6, 6.07) is 12.5. The van der Waals surface area contributed by atoms with E-state index in [0.717, 1.165) is 19.3 Å². The zero-order valence-electron chi connectivity index (χ0n) is 16.8. The second kappa shape index (κ2) is 9.73. The third kappa shape index (κ3) is 5.37. The second-order valence-electron chi connectivity index (χ2n) is 6.93. The highest BCUT2D eigenvalue weighted by Gasteiger charge is 2.25. The van der Waals surface area contributed by atoms with Crippen LogP contribution in [0.4, 0.5) is 5.69 Å². The summed E-state index contributed by atoms with van der Waals surface area (Å²) < 4.78 is 32.3. The highest BCUT2D eigenvalue weighted by molar-refractivity contribution is 7.89. The average Bonchev–Trinajstić information content (AvgIpc) is 2.78. The Morgan fingerprint density at radius 1 is 0.967 bits per heavy atom. The van der Waals surface area contributed by atoms with Crippen LogP contribution in [0.3, 0.4) is 0 Å². The molecule has 2 aromatic carbocycles. The maximum Gasteiger partial charge on any atom is 0.262 e. The number of benzene rings is 2. The van der Waals surface area contributed by atoms with Gasteiger partial charge in [-0.1, -0.05) is 6.42 Å². The Bertz CT molecular complexity index is 982.